The molecule has 0 saturated heterocycles. The van der Waals surface area contributed by atoms with Gasteiger partial charge in [-0.2, -0.15) is 8.78 Å². The van der Waals surface area contributed by atoms with Crippen molar-refractivity contribution < 1.29 is 51.2 Å². The van der Waals surface area contributed by atoms with Gasteiger partial charge in [-0.05, 0) is 83.7 Å². The Balaban J connectivity index is 1.76. The number of benzene rings is 1. The van der Waals surface area contributed by atoms with Gasteiger partial charge in [0.2, 0.25) is 5.89 Å². The summed E-state index contributed by atoms with van der Waals surface area (Å²) in [5, 5.41) is 13.1. The number of allylic oxidation sites excluding steroid dienone is 2. The first kappa shape index (κ1) is 32.9. The minimum Gasteiger partial charge on any atom is -0.489 e. The molecule has 0 radical (unpaired) electrons. The van der Waals surface area contributed by atoms with E-state index in [1.807, 2.05) is 0 Å². The first-order valence-corrected chi connectivity index (χ1v) is 14.3. The number of amides is 1. The second-order valence-electron chi connectivity index (χ2n) is 11.8. The van der Waals surface area contributed by atoms with Gasteiger partial charge in [0.1, 0.15) is 22.6 Å². The monoisotopic (exact) mass is 622 g/mol. The van der Waals surface area contributed by atoms with Crippen molar-refractivity contribution in [3.63, 3.8) is 0 Å². The van der Waals surface area contributed by atoms with Crippen LogP contribution in [0.3, 0.4) is 0 Å². The van der Waals surface area contributed by atoms with Gasteiger partial charge in [0.05, 0.1) is 24.4 Å². The summed E-state index contributed by atoms with van der Waals surface area (Å²) in [6.07, 6.45) is 3.08. The van der Waals surface area contributed by atoms with Crippen molar-refractivity contribution in [3.05, 3.63) is 53.7 Å². The fourth-order valence-electron chi connectivity index (χ4n) is 4.69. The first-order valence-electron chi connectivity index (χ1n) is 14.3. The number of halogens is 3. The van der Waals surface area contributed by atoms with E-state index in [1.165, 1.54) is 24.3 Å². The molecule has 1 aromatic carbocycles. The van der Waals surface area contributed by atoms with Crippen molar-refractivity contribution in [3.8, 4) is 23.0 Å². The van der Waals surface area contributed by atoms with Gasteiger partial charge in [-0.1, -0.05) is 6.08 Å². The van der Waals surface area contributed by atoms with Crippen molar-refractivity contribution in [2.75, 3.05) is 13.2 Å². The first-order chi connectivity index (χ1) is 20.7. The SMILES string of the molecule is CCOC1C=C(F)C=C[C@]1(Cc1nc(-c2ccc(OC(F)F)c(OCC3CC3)c2)oc1C(C)NC(=O)OC(C)(C)C)C(=O)O. The van der Waals surface area contributed by atoms with Gasteiger partial charge >= 0.3 is 18.7 Å². The Labute approximate surface area is 253 Å². The predicted molar refractivity (Wildman–Crippen MR) is 152 cm³/mol. The highest BCUT2D eigenvalue weighted by atomic mass is 19.3. The van der Waals surface area contributed by atoms with Crippen molar-refractivity contribution >= 4 is 12.1 Å². The molecule has 2 aromatic rings. The molecule has 2 aliphatic rings. The number of hydrogen-bond donors (Lipinski definition) is 2. The molecule has 13 heteroatoms. The number of aliphatic carboxylic acids is 1. The van der Waals surface area contributed by atoms with Crippen LogP contribution in [0, 0.1) is 11.3 Å². The van der Waals surface area contributed by atoms with E-state index in [1.54, 1.807) is 34.6 Å². The van der Waals surface area contributed by atoms with Gasteiger partial charge in [-0.15, -0.1) is 0 Å². The highest BCUT2D eigenvalue weighted by Crippen LogP contribution is 2.41. The second-order valence-corrected chi connectivity index (χ2v) is 11.8. The molecule has 1 saturated carbocycles. The highest BCUT2D eigenvalue weighted by molar-refractivity contribution is 5.80. The smallest absolute Gasteiger partial charge is 0.408 e. The number of hydrogen-bond acceptors (Lipinski definition) is 8. The van der Waals surface area contributed by atoms with Crippen LogP contribution in [0.2, 0.25) is 0 Å². The quantitative estimate of drug-likeness (QED) is 0.249. The maximum absolute atomic E-state index is 14.2. The summed E-state index contributed by atoms with van der Waals surface area (Å²) < 4.78 is 67.9. The zero-order valence-corrected chi connectivity index (χ0v) is 25.2. The number of alkyl carbamates (subject to hydrolysis) is 1. The largest absolute Gasteiger partial charge is 0.489 e. The number of carboxylic acid groups (broad SMARTS) is 1. The van der Waals surface area contributed by atoms with Crippen LogP contribution in [-0.4, -0.2) is 53.7 Å². The van der Waals surface area contributed by atoms with Crippen molar-refractivity contribution in [2.45, 2.75) is 78.2 Å². The zero-order valence-electron chi connectivity index (χ0n) is 25.2. The summed E-state index contributed by atoms with van der Waals surface area (Å²) in [5.74, 6) is -1.60. The van der Waals surface area contributed by atoms with Gasteiger partial charge < -0.3 is 33.8 Å². The molecule has 2 aliphatic carbocycles. The molecule has 0 aliphatic heterocycles. The number of ether oxygens (including phenoxy) is 4. The van der Waals surface area contributed by atoms with Crippen LogP contribution in [0.1, 0.15) is 65.0 Å². The third-order valence-electron chi connectivity index (χ3n) is 6.99. The lowest BCUT2D eigenvalue weighted by atomic mass is 9.74. The molecule has 2 unspecified atom stereocenters. The summed E-state index contributed by atoms with van der Waals surface area (Å²) in [6, 6.07) is 3.34. The molecule has 1 fully saturated rings. The van der Waals surface area contributed by atoms with E-state index in [0.717, 1.165) is 25.0 Å². The second kappa shape index (κ2) is 13.3. The van der Waals surface area contributed by atoms with Crippen LogP contribution in [-0.2, 0) is 20.7 Å². The Morgan fingerprint density at radius 3 is 2.57 bits per heavy atom. The van der Waals surface area contributed by atoms with E-state index in [-0.39, 0.29) is 41.9 Å². The Morgan fingerprint density at radius 2 is 1.95 bits per heavy atom. The molecular formula is C31H37F3N2O8. The molecule has 0 spiro atoms. The Kier molecular flexibility index (Phi) is 9.97. The normalized spacial score (nSPS) is 20.7. The van der Waals surface area contributed by atoms with E-state index in [2.05, 4.69) is 15.0 Å². The van der Waals surface area contributed by atoms with Gasteiger partial charge in [0, 0.05) is 18.6 Å². The number of nitrogens with zero attached hydrogens (tertiary/aromatic N) is 1. The molecule has 0 bridgehead atoms. The maximum atomic E-state index is 14.2. The lowest BCUT2D eigenvalue weighted by Gasteiger charge is -2.34. The summed E-state index contributed by atoms with van der Waals surface area (Å²) >= 11 is 0. The predicted octanol–water partition coefficient (Wildman–Crippen LogP) is 6.76. The molecule has 240 valence electrons. The average Bonchev–Trinajstić information content (AvgIpc) is 3.65. The molecule has 10 nitrogen and oxygen atoms in total. The van der Waals surface area contributed by atoms with Gasteiger partial charge in [-0.3, -0.25) is 4.79 Å². The van der Waals surface area contributed by atoms with E-state index in [4.69, 9.17) is 18.6 Å². The van der Waals surface area contributed by atoms with Crippen molar-refractivity contribution in [2.24, 2.45) is 11.3 Å². The molecule has 4 rings (SSSR count). The van der Waals surface area contributed by atoms with Gasteiger partial charge in [-0.25, -0.2) is 14.2 Å². The number of alkyl halides is 2. The Morgan fingerprint density at radius 1 is 1.23 bits per heavy atom. The van der Waals surface area contributed by atoms with Crippen molar-refractivity contribution in [1.29, 1.82) is 0 Å². The summed E-state index contributed by atoms with van der Waals surface area (Å²) in [5.41, 5.74) is -2.10. The van der Waals surface area contributed by atoms with Crippen LogP contribution in [0.15, 0.2) is 46.7 Å². The third-order valence-corrected chi connectivity index (χ3v) is 6.99. The minimum absolute atomic E-state index is 0.00252. The van der Waals surface area contributed by atoms with Crippen LogP contribution in [0.5, 0.6) is 11.5 Å². The topological polar surface area (TPSA) is 129 Å². The summed E-state index contributed by atoms with van der Waals surface area (Å²) in [4.78, 5) is 29.9. The number of oxazole rings is 1. The number of carboxylic acids is 1. The molecule has 1 heterocycles. The van der Waals surface area contributed by atoms with Crippen LogP contribution in [0.4, 0.5) is 18.0 Å². The zero-order chi connectivity index (χ0) is 32.2. The number of rotatable bonds is 13. The molecule has 2 N–H and O–H groups in total. The summed E-state index contributed by atoms with van der Waals surface area (Å²) in [6.45, 7) is 5.72. The van der Waals surface area contributed by atoms with E-state index < -0.39 is 47.7 Å². The standard InChI is InChI=1S/C31H37F3N2O8/c1-6-40-24-14-20(32)11-12-31(24,27(37)38)15-21-25(17(2)35-29(39)44-30(3,4)5)43-26(36-21)19-9-10-22(42-28(33)34)23(13-19)41-16-18-7-8-18/h9-14,17-18,24,28H,6-8,15-16H2,1-5H3,(H,35,39)(H,37,38)/t17?,24?,31-/m1/s1. The lowest BCUT2D eigenvalue weighted by Crippen LogP contribution is -2.45. The van der Waals surface area contributed by atoms with Crippen LogP contribution < -0.4 is 14.8 Å². The van der Waals surface area contributed by atoms with Gasteiger partial charge in [0.25, 0.3) is 0 Å². The Hall–Kier alpha value is -4.00. The van der Waals surface area contributed by atoms with Gasteiger partial charge in [0.15, 0.2) is 11.5 Å². The van der Waals surface area contributed by atoms with E-state index in [9.17, 15) is 27.9 Å². The molecule has 1 amide bonds. The van der Waals surface area contributed by atoms with Crippen LogP contribution >= 0.6 is 0 Å². The number of nitrogens with one attached hydrogen (secondary N) is 1. The molecular weight excluding hydrogens is 585 g/mol. The fraction of sp³-hybridized carbons (Fsp3) is 0.516. The van der Waals surface area contributed by atoms with E-state index >= 15 is 0 Å². The van der Waals surface area contributed by atoms with E-state index in [0.29, 0.717) is 18.1 Å². The number of carbonyl (C=O) groups is 2. The fourth-order valence-corrected chi connectivity index (χ4v) is 4.69. The number of carbonyl (C=O) groups excluding carboxylic acids is 1. The van der Waals surface area contributed by atoms with Crippen molar-refractivity contribution in [1.82, 2.24) is 10.3 Å². The third kappa shape index (κ3) is 8.13. The lowest BCUT2D eigenvalue weighted by molar-refractivity contribution is -0.152. The number of aromatic nitrogens is 1. The molecule has 3 atom stereocenters. The molecule has 44 heavy (non-hydrogen) atoms. The molecule has 1 aromatic heterocycles. The highest BCUT2D eigenvalue weighted by Gasteiger charge is 2.47. The maximum Gasteiger partial charge on any atom is 0.408 e. The summed E-state index contributed by atoms with van der Waals surface area (Å²) in [7, 11) is 0. The average molecular weight is 623 g/mol. The Bertz CT molecular complexity index is 1410. The minimum atomic E-state index is -3.07. The van der Waals surface area contributed by atoms with Crippen LogP contribution in [0.25, 0.3) is 11.5 Å².